The lowest BCUT2D eigenvalue weighted by Gasteiger charge is -2.15. The average molecular weight is 218 g/mol. The van der Waals surface area contributed by atoms with Crippen LogP contribution in [0.3, 0.4) is 0 Å². The van der Waals surface area contributed by atoms with Crippen LogP contribution in [0, 0.1) is 0 Å². The lowest BCUT2D eigenvalue weighted by Crippen LogP contribution is -2.19. The lowest BCUT2D eigenvalue weighted by atomic mass is 9.99. The molecule has 0 aliphatic carbocycles. The molecule has 1 aromatic carbocycles. The Bertz CT molecular complexity index is 505. The van der Waals surface area contributed by atoms with Crippen LogP contribution < -0.4 is 10.1 Å². The monoisotopic (exact) mass is 218 g/mol. The van der Waals surface area contributed by atoms with Gasteiger partial charge in [0, 0.05) is 6.20 Å². The van der Waals surface area contributed by atoms with E-state index < -0.39 is 11.8 Å². The molecule has 0 spiro atoms. The molecule has 5 heteroatoms. The fourth-order valence-electron chi connectivity index (χ4n) is 1.49. The number of Topliss-reactive ketones (excluding diaryl/α,β-unsaturated/α-hetero) is 1. The Kier molecular flexibility index (Phi) is 2.36. The van der Waals surface area contributed by atoms with Crippen molar-refractivity contribution in [3.63, 3.8) is 0 Å². The molecule has 1 aliphatic rings. The molecular weight excluding hydrogens is 210 g/mol. The van der Waals surface area contributed by atoms with Gasteiger partial charge in [0.2, 0.25) is 5.78 Å². The first-order valence-corrected chi connectivity index (χ1v) is 4.51. The molecule has 0 bridgehead atoms. The van der Waals surface area contributed by atoms with E-state index in [9.17, 15) is 9.59 Å². The summed E-state index contributed by atoms with van der Waals surface area (Å²) in [6.07, 6.45) is 1.05. The number of carboxylic acid groups (broad SMARTS) is 1. The van der Waals surface area contributed by atoms with E-state index in [-0.39, 0.29) is 11.1 Å². The molecule has 0 aromatic heterocycles. The van der Waals surface area contributed by atoms with Gasteiger partial charge in [0.15, 0.2) is 0 Å². The van der Waals surface area contributed by atoms with E-state index in [0.717, 1.165) is 6.20 Å². The molecule has 81 valence electrons. The zero-order chi connectivity index (χ0) is 11.7. The van der Waals surface area contributed by atoms with Gasteiger partial charge in [0.05, 0.1) is 12.7 Å². The molecular formula is C11H8NO4. The fraction of sp³-hybridized carbons (Fsp3) is 0.0909. The van der Waals surface area contributed by atoms with Crippen LogP contribution in [0.15, 0.2) is 30.0 Å². The summed E-state index contributed by atoms with van der Waals surface area (Å²) in [5, 5.41) is 12.7. The Morgan fingerprint density at radius 2 is 2.19 bits per heavy atom. The molecule has 1 aromatic rings. The Morgan fingerprint density at radius 1 is 1.44 bits per heavy atom. The first-order valence-electron chi connectivity index (χ1n) is 4.51. The number of carbonyl (C=O) groups is 2. The number of hydrogen-bond donors (Lipinski definition) is 1. The summed E-state index contributed by atoms with van der Waals surface area (Å²) in [4.78, 5) is 22.5. The highest BCUT2D eigenvalue weighted by Gasteiger charge is 2.27. The maximum atomic E-state index is 11.8. The number of rotatable bonds is 2. The Hall–Kier alpha value is -2.30. The van der Waals surface area contributed by atoms with Crippen molar-refractivity contribution in [2.45, 2.75) is 0 Å². The van der Waals surface area contributed by atoms with Crippen LogP contribution >= 0.6 is 0 Å². The van der Waals surface area contributed by atoms with Crippen LogP contribution in [-0.4, -0.2) is 24.0 Å². The molecule has 1 N–H and O–H groups in total. The molecule has 0 fully saturated rings. The minimum atomic E-state index is -1.28. The van der Waals surface area contributed by atoms with Crippen molar-refractivity contribution in [3.05, 3.63) is 35.5 Å². The van der Waals surface area contributed by atoms with E-state index in [2.05, 4.69) is 5.32 Å². The largest absolute Gasteiger partial charge is 0.494 e. The molecule has 0 unspecified atom stereocenters. The lowest BCUT2D eigenvalue weighted by molar-refractivity contribution is -0.132. The van der Waals surface area contributed by atoms with Gasteiger partial charge in [-0.3, -0.25) is 10.1 Å². The molecule has 1 heterocycles. The van der Waals surface area contributed by atoms with Crippen molar-refractivity contribution in [1.29, 1.82) is 0 Å². The zero-order valence-corrected chi connectivity index (χ0v) is 8.43. The first-order chi connectivity index (χ1) is 7.65. The number of benzene rings is 1. The van der Waals surface area contributed by atoms with Crippen molar-refractivity contribution in [3.8, 4) is 5.75 Å². The van der Waals surface area contributed by atoms with Gasteiger partial charge in [-0.15, -0.1) is 0 Å². The highest BCUT2D eigenvalue weighted by Crippen LogP contribution is 2.32. The van der Waals surface area contributed by atoms with Gasteiger partial charge < -0.3 is 9.84 Å². The van der Waals surface area contributed by atoms with Gasteiger partial charge in [0.1, 0.15) is 17.0 Å². The molecule has 0 atom stereocenters. The summed E-state index contributed by atoms with van der Waals surface area (Å²) in [5.74, 6) is -1.37. The quantitative estimate of drug-likeness (QED) is 0.754. The number of ketones is 1. The van der Waals surface area contributed by atoms with E-state index in [4.69, 9.17) is 9.84 Å². The third kappa shape index (κ3) is 1.42. The van der Waals surface area contributed by atoms with E-state index in [1.807, 2.05) is 0 Å². The van der Waals surface area contributed by atoms with Gasteiger partial charge in [0.25, 0.3) is 0 Å². The van der Waals surface area contributed by atoms with Crippen LogP contribution in [0.4, 0.5) is 5.69 Å². The molecule has 0 amide bonds. The first kappa shape index (κ1) is 10.2. The third-order valence-corrected chi connectivity index (χ3v) is 2.26. The highest BCUT2D eigenvalue weighted by molar-refractivity contribution is 6.26. The maximum absolute atomic E-state index is 11.8. The number of ether oxygens (including phenoxy) is 1. The SMILES string of the molecule is COc1cccc2c1[N]C=C(C(=O)O)C2=O. The normalized spacial score (nSPS) is 13.6. The molecule has 1 radical (unpaired) electrons. The summed E-state index contributed by atoms with van der Waals surface area (Å²) in [7, 11) is 1.46. The number of fused-ring (bicyclic) bond motifs is 1. The zero-order valence-electron chi connectivity index (χ0n) is 8.43. The second kappa shape index (κ2) is 3.69. The van der Waals surface area contributed by atoms with Gasteiger partial charge >= 0.3 is 5.97 Å². The molecule has 16 heavy (non-hydrogen) atoms. The number of carbonyl (C=O) groups excluding carboxylic acids is 1. The van der Waals surface area contributed by atoms with Crippen molar-refractivity contribution in [2.75, 3.05) is 7.11 Å². The van der Waals surface area contributed by atoms with Gasteiger partial charge in [-0.05, 0) is 12.1 Å². The fourth-order valence-corrected chi connectivity index (χ4v) is 1.49. The third-order valence-electron chi connectivity index (χ3n) is 2.26. The van der Waals surface area contributed by atoms with Gasteiger partial charge in [-0.2, -0.15) is 0 Å². The molecule has 1 aliphatic heterocycles. The second-order valence-corrected chi connectivity index (χ2v) is 3.16. The predicted octanol–water partition coefficient (Wildman–Crippen LogP) is 1.10. The summed E-state index contributed by atoms with van der Waals surface area (Å²) in [5.41, 5.74) is 0.292. The van der Waals surface area contributed by atoms with Crippen molar-refractivity contribution in [1.82, 2.24) is 5.32 Å². The van der Waals surface area contributed by atoms with E-state index in [1.54, 1.807) is 12.1 Å². The summed E-state index contributed by atoms with van der Waals surface area (Å²) in [6, 6.07) is 4.81. The van der Waals surface area contributed by atoms with E-state index in [1.165, 1.54) is 13.2 Å². The number of para-hydroxylation sites is 1. The Balaban J connectivity index is 2.53. The molecule has 2 rings (SSSR count). The molecule has 5 nitrogen and oxygen atoms in total. The van der Waals surface area contributed by atoms with Gasteiger partial charge in [-0.1, -0.05) is 6.07 Å². The maximum Gasteiger partial charge on any atom is 0.341 e. The Morgan fingerprint density at radius 3 is 2.81 bits per heavy atom. The van der Waals surface area contributed by atoms with Crippen LogP contribution in [0.1, 0.15) is 10.4 Å². The number of aliphatic carboxylic acids is 1. The van der Waals surface area contributed by atoms with Crippen molar-refractivity contribution >= 4 is 17.4 Å². The minimum Gasteiger partial charge on any atom is -0.494 e. The number of nitrogens with zero attached hydrogens (tertiary/aromatic N) is 1. The smallest absolute Gasteiger partial charge is 0.341 e. The minimum absolute atomic E-state index is 0.249. The number of carboxylic acids is 1. The van der Waals surface area contributed by atoms with E-state index >= 15 is 0 Å². The van der Waals surface area contributed by atoms with Gasteiger partial charge in [-0.25, -0.2) is 4.79 Å². The van der Waals surface area contributed by atoms with E-state index in [0.29, 0.717) is 11.4 Å². The number of hydrogen-bond acceptors (Lipinski definition) is 3. The topological polar surface area (TPSA) is 77.7 Å². The number of methoxy groups -OCH3 is 1. The molecule has 0 saturated heterocycles. The molecule has 0 saturated carbocycles. The standard InChI is InChI=1S/C11H8NO4/c1-16-8-4-2-3-6-9(8)12-5-7(10(6)13)11(14)15/h2-5H,1H3,(H,14,15). The summed E-state index contributed by atoms with van der Waals surface area (Å²) < 4.78 is 5.03. The second-order valence-electron chi connectivity index (χ2n) is 3.16. The van der Waals surface area contributed by atoms with Crippen LogP contribution in [0.2, 0.25) is 0 Å². The van der Waals surface area contributed by atoms with Crippen molar-refractivity contribution in [2.24, 2.45) is 0 Å². The van der Waals surface area contributed by atoms with Crippen molar-refractivity contribution < 1.29 is 19.4 Å². The van der Waals surface area contributed by atoms with Crippen LogP contribution in [0.25, 0.3) is 0 Å². The Labute approximate surface area is 91.3 Å². The summed E-state index contributed by atoms with van der Waals surface area (Å²) in [6.45, 7) is 0. The average Bonchev–Trinajstić information content (AvgIpc) is 2.28. The van der Waals surface area contributed by atoms with Crippen LogP contribution in [0.5, 0.6) is 5.75 Å². The summed E-state index contributed by atoms with van der Waals surface area (Å²) >= 11 is 0. The van der Waals surface area contributed by atoms with Crippen LogP contribution in [-0.2, 0) is 4.79 Å². The predicted molar refractivity (Wildman–Crippen MR) is 54.8 cm³/mol. The highest BCUT2D eigenvalue weighted by atomic mass is 16.5.